The predicted molar refractivity (Wildman–Crippen MR) is 61.2 cm³/mol. The van der Waals surface area contributed by atoms with E-state index >= 15 is 0 Å². The Morgan fingerprint density at radius 1 is 1.50 bits per heavy atom. The van der Waals surface area contributed by atoms with Crippen molar-refractivity contribution in [1.82, 2.24) is 0 Å². The summed E-state index contributed by atoms with van der Waals surface area (Å²) in [6.07, 6.45) is 0.173. The van der Waals surface area contributed by atoms with E-state index in [1.165, 1.54) is 7.11 Å². The largest absolute Gasteiger partial charge is 0.494 e. The summed E-state index contributed by atoms with van der Waals surface area (Å²) >= 11 is 0. The van der Waals surface area contributed by atoms with Gasteiger partial charge in [0, 0.05) is 6.04 Å². The van der Waals surface area contributed by atoms with Gasteiger partial charge in [-0.25, -0.2) is 0 Å². The monoisotopic (exact) mass is 223 g/mol. The third-order valence-corrected chi connectivity index (χ3v) is 2.21. The zero-order valence-electron chi connectivity index (χ0n) is 9.60. The van der Waals surface area contributed by atoms with Crippen LogP contribution in [-0.4, -0.2) is 19.7 Å². The van der Waals surface area contributed by atoms with Gasteiger partial charge < -0.3 is 15.2 Å². The van der Waals surface area contributed by atoms with Gasteiger partial charge in [-0.15, -0.1) is 0 Å². The molecule has 0 amide bonds. The van der Waals surface area contributed by atoms with Crippen molar-refractivity contribution in [3.63, 3.8) is 0 Å². The highest BCUT2D eigenvalue weighted by Gasteiger charge is 2.12. The number of ether oxygens (including phenoxy) is 2. The van der Waals surface area contributed by atoms with E-state index in [-0.39, 0.29) is 18.4 Å². The Morgan fingerprint density at radius 2 is 2.25 bits per heavy atom. The second-order valence-electron chi connectivity index (χ2n) is 3.39. The van der Waals surface area contributed by atoms with Crippen LogP contribution in [0.3, 0.4) is 0 Å². The summed E-state index contributed by atoms with van der Waals surface area (Å²) in [5.41, 5.74) is 6.75. The Morgan fingerprint density at radius 3 is 2.88 bits per heavy atom. The first kappa shape index (κ1) is 12.5. The van der Waals surface area contributed by atoms with Crippen LogP contribution in [0.15, 0.2) is 24.3 Å². The van der Waals surface area contributed by atoms with Gasteiger partial charge in [0.05, 0.1) is 20.1 Å². The van der Waals surface area contributed by atoms with Gasteiger partial charge in [0.1, 0.15) is 5.75 Å². The fourth-order valence-corrected chi connectivity index (χ4v) is 1.38. The van der Waals surface area contributed by atoms with Crippen molar-refractivity contribution in [3.05, 3.63) is 29.8 Å². The second kappa shape index (κ2) is 6.12. The standard InChI is InChI=1S/C12H17NO3/c1-3-16-10-6-4-5-9(7-10)11(13)8-12(14)15-2/h4-7,11H,3,8,13H2,1-2H3/t11-/m0/s1. The number of esters is 1. The van der Waals surface area contributed by atoms with Gasteiger partial charge in [0.2, 0.25) is 0 Å². The van der Waals surface area contributed by atoms with Crippen molar-refractivity contribution in [3.8, 4) is 5.75 Å². The van der Waals surface area contributed by atoms with Crippen LogP contribution in [-0.2, 0) is 9.53 Å². The Labute approximate surface area is 95.3 Å². The molecule has 1 aromatic carbocycles. The molecule has 1 aromatic rings. The molecule has 4 nitrogen and oxygen atoms in total. The summed E-state index contributed by atoms with van der Waals surface area (Å²) in [7, 11) is 1.35. The van der Waals surface area contributed by atoms with E-state index in [1.54, 1.807) is 0 Å². The highest BCUT2D eigenvalue weighted by molar-refractivity contribution is 5.70. The molecule has 0 aliphatic heterocycles. The van der Waals surface area contributed by atoms with Crippen LogP contribution < -0.4 is 10.5 Å². The molecule has 0 bridgehead atoms. The van der Waals surface area contributed by atoms with Crippen molar-refractivity contribution in [2.24, 2.45) is 5.73 Å². The molecule has 0 saturated carbocycles. The van der Waals surface area contributed by atoms with Crippen LogP contribution in [0.25, 0.3) is 0 Å². The van der Waals surface area contributed by atoms with Crippen LogP contribution in [0.1, 0.15) is 24.9 Å². The summed E-state index contributed by atoms with van der Waals surface area (Å²) in [5, 5.41) is 0. The third-order valence-electron chi connectivity index (χ3n) is 2.21. The quantitative estimate of drug-likeness (QED) is 0.771. The maximum atomic E-state index is 11.1. The average Bonchev–Trinajstić information content (AvgIpc) is 2.29. The smallest absolute Gasteiger partial charge is 0.307 e. The molecule has 0 fully saturated rings. The normalized spacial score (nSPS) is 11.9. The number of methoxy groups -OCH3 is 1. The molecule has 0 heterocycles. The number of rotatable bonds is 5. The lowest BCUT2D eigenvalue weighted by atomic mass is 10.0. The SMILES string of the molecule is CCOc1cccc([C@@H](N)CC(=O)OC)c1. The zero-order valence-corrected chi connectivity index (χ0v) is 9.60. The van der Waals surface area contributed by atoms with Crippen LogP contribution in [0.4, 0.5) is 0 Å². The maximum Gasteiger partial charge on any atom is 0.307 e. The van der Waals surface area contributed by atoms with Gasteiger partial charge in [0.25, 0.3) is 0 Å². The van der Waals surface area contributed by atoms with Crippen LogP contribution in [0.2, 0.25) is 0 Å². The molecule has 0 saturated heterocycles. The molecular formula is C12H17NO3. The molecule has 0 spiro atoms. The molecule has 0 aliphatic carbocycles. The number of hydrogen-bond donors (Lipinski definition) is 1. The zero-order chi connectivity index (χ0) is 12.0. The Kier molecular flexibility index (Phi) is 4.79. The van der Waals surface area contributed by atoms with Crippen molar-refractivity contribution in [2.45, 2.75) is 19.4 Å². The van der Waals surface area contributed by atoms with E-state index in [1.807, 2.05) is 31.2 Å². The Bertz CT molecular complexity index is 352. The third kappa shape index (κ3) is 3.55. The van der Waals surface area contributed by atoms with Gasteiger partial charge in [-0.1, -0.05) is 12.1 Å². The molecule has 1 atom stereocenters. The summed E-state index contributed by atoms with van der Waals surface area (Å²) in [5.74, 6) is 0.453. The number of benzene rings is 1. The lowest BCUT2D eigenvalue weighted by Crippen LogP contribution is -2.16. The van der Waals surface area contributed by atoms with Crippen molar-refractivity contribution in [2.75, 3.05) is 13.7 Å². The highest BCUT2D eigenvalue weighted by atomic mass is 16.5. The first-order valence-electron chi connectivity index (χ1n) is 5.22. The number of carbonyl (C=O) groups excluding carboxylic acids is 1. The molecule has 0 radical (unpaired) electrons. The number of nitrogens with two attached hydrogens (primary N) is 1. The second-order valence-corrected chi connectivity index (χ2v) is 3.39. The lowest BCUT2D eigenvalue weighted by Gasteiger charge is -2.12. The fraction of sp³-hybridized carbons (Fsp3) is 0.417. The van der Waals surface area contributed by atoms with Gasteiger partial charge in [-0.2, -0.15) is 0 Å². The first-order chi connectivity index (χ1) is 7.67. The number of hydrogen-bond acceptors (Lipinski definition) is 4. The van der Waals surface area contributed by atoms with Crippen LogP contribution >= 0.6 is 0 Å². The molecule has 88 valence electrons. The molecule has 0 aliphatic rings. The van der Waals surface area contributed by atoms with E-state index in [0.29, 0.717) is 6.61 Å². The Hall–Kier alpha value is -1.55. The van der Waals surface area contributed by atoms with E-state index < -0.39 is 0 Å². The molecule has 1 rings (SSSR count). The molecule has 0 unspecified atom stereocenters. The lowest BCUT2D eigenvalue weighted by molar-refractivity contribution is -0.141. The molecule has 16 heavy (non-hydrogen) atoms. The van der Waals surface area contributed by atoms with E-state index in [4.69, 9.17) is 10.5 Å². The topological polar surface area (TPSA) is 61.5 Å². The van der Waals surface area contributed by atoms with E-state index in [2.05, 4.69) is 4.74 Å². The van der Waals surface area contributed by atoms with Gasteiger partial charge in [0.15, 0.2) is 0 Å². The minimum atomic E-state index is -0.354. The van der Waals surface area contributed by atoms with E-state index in [0.717, 1.165) is 11.3 Å². The summed E-state index contributed by atoms with van der Waals surface area (Å²) in [6, 6.07) is 7.08. The number of carbonyl (C=O) groups is 1. The summed E-state index contributed by atoms with van der Waals surface area (Å²) in [6.45, 7) is 2.52. The van der Waals surface area contributed by atoms with E-state index in [9.17, 15) is 4.79 Å². The predicted octanol–water partition coefficient (Wildman–Crippen LogP) is 1.65. The van der Waals surface area contributed by atoms with Crippen molar-refractivity contribution in [1.29, 1.82) is 0 Å². The summed E-state index contributed by atoms with van der Waals surface area (Å²) < 4.78 is 9.93. The maximum absolute atomic E-state index is 11.1. The van der Waals surface area contributed by atoms with Crippen LogP contribution in [0, 0.1) is 0 Å². The average molecular weight is 223 g/mol. The molecular weight excluding hydrogens is 206 g/mol. The molecule has 4 heteroatoms. The Balaban J connectivity index is 2.71. The van der Waals surface area contributed by atoms with Gasteiger partial charge in [-0.05, 0) is 24.6 Å². The molecule has 2 N–H and O–H groups in total. The van der Waals surface area contributed by atoms with Crippen molar-refractivity contribution >= 4 is 5.97 Å². The van der Waals surface area contributed by atoms with Gasteiger partial charge in [-0.3, -0.25) is 4.79 Å². The first-order valence-corrected chi connectivity index (χ1v) is 5.22. The minimum absolute atomic E-state index is 0.173. The molecule has 0 aromatic heterocycles. The van der Waals surface area contributed by atoms with Crippen LogP contribution in [0.5, 0.6) is 5.75 Å². The summed E-state index contributed by atoms with van der Waals surface area (Å²) in [4.78, 5) is 11.1. The van der Waals surface area contributed by atoms with Crippen molar-refractivity contribution < 1.29 is 14.3 Å². The minimum Gasteiger partial charge on any atom is -0.494 e. The fourth-order valence-electron chi connectivity index (χ4n) is 1.38. The highest BCUT2D eigenvalue weighted by Crippen LogP contribution is 2.20. The van der Waals surface area contributed by atoms with Gasteiger partial charge >= 0.3 is 5.97 Å².